The number of hydrogen-bond acceptors (Lipinski definition) is 1. The van der Waals surface area contributed by atoms with Gasteiger partial charge in [0, 0.05) is 0 Å². The van der Waals surface area contributed by atoms with Crippen LogP contribution in [-0.2, 0) is 9.93 Å². The monoisotopic (exact) mass is 257 g/mol. The van der Waals surface area contributed by atoms with Crippen molar-refractivity contribution in [3.8, 4) is 0 Å². The minimum atomic E-state index is -0.626. The zero-order chi connectivity index (χ0) is 5.98. The first-order valence-corrected chi connectivity index (χ1v) is 13.9. The van der Waals surface area contributed by atoms with Crippen molar-refractivity contribution in [2.45, 2.75) is 16.2 Å². The first-order chi connectivity index (χ1) is 3.79. The van der Waals surface area contributed by atoms with Gasteiger partial charge >= 0.3 is 64.3 Å². The standard InChI is InChI=1S/C3H6S2.2CH3.Sb/c4-5-2-1-3-5;;;/h1-3H2;2*1H3;/q;;;+1. The zero-order valence-corrected chi connectivity index (χ0v) is 9.57. The van der Waals surface area contributed by atoms with Gasteiger partial charge in [-0.2, -0.15) is 0 Å². The molecule has 0 aromatic heterocycles. The van der Waals surface area contributed by atoms with E-state index in [1.807, 2.05) is 0 Å². The van der Waals surface area contributed by atoms with E-state index in [-0.39, 0.29) is 0 Å². The fourth-order valence-corrected chi connectivity index (χ4v) is 18.7. The molecule has 0 bridgehead atoms. The summed E-state index contributed by atoms with van der Waals surface area (Å²) >= 11 is -0.626. The Labute approximate surface area is 63.9 Å². The summed E-state index contributed by atoms with van der Waals surface area (Å²) < 4.78 is 0. The van der Waals surface area contributed by atoms with Crippen LogP contribution in [0.25, 0.3) is 0 Å². The van der Waals surface area contributed by atoms with Crippen LogP contribution in [0.3, 0.4) is 0 Å². The molecule has 3 heteroatoms. The predicted molar refractivity (Wildman–Crippen MR) is 46.8 cm³/mol. The van der Waals surface area contributed by atoms with Gasteiger partial charge in [-0.15, -0.1) is 0 Å². The van der Waals surface area contributed by atoms with Crippen molar-refractivity contribution >= 4 is 36.6 Å². The van der Waals surface area contributed by atoms with E-state index in [9.17, 15) is 0 Å². The Morgan fingerprint density at radius 3 is 2.12 bits per heavy atom. The van der Waals surface area contributed by atoms with E-state index in [2.05, 4.69) is 17.6 Å². The molecule has 0 nitrogen and oxygen atoms in total. The van der Waals surface area contributed by atoms with Gasteiger partial charge in [-0.3, -0.25) is 0 Å². The third kappa shape index (κ3) is 2.41. The average Bonchev–Trinajstić information content (AvgIpc) is 1.55. The van der Waals surface area contributed by atoms with Crippen LogP contribution in [0.4, 0.5) is 0 Å². The predicted octanol–water partition coefficient (Wildman–Crippen LogP) is 1.91. The number of rotatable bonds is 2. The average molecular weight is 258 g/mol. The van der Waals surface area contributed by atoms with Crippen LogP contribution in [-0.4, -0.2) is 30.3 Å². The van der Waals surface area contributed by atoms with Crippen molar-refractivity contribution < 1.29 is 0 Å². The molecule has 1 saturated heterocycles. The zero-order valence-electron chi connectivity index (χ0n) is 5.39. The molecule has 0 aliphatic carbocycles. The van der Waals surface area contributed by atoms with E-state index < -0.39 is 18.8 Å². The van der Waals surface area contributed by atoms with Crippen LogP contribution in [0.2, 0.25) is 9.74 Å². The molecule has 1 heterocycles. The Morgan fingerprint density at radius 2 is 2.00 bits per heavy atom. The summed E-state index contributed by atoms with van der Waals surface area (Å²) in [4.78, 5) is 4.94. The summed E-state index contributed by atoms with van der Waals surface area (Å²) in [5.41, 5.74) is 0. The van der Waals surface area contributed by atoms with Gasteiger partial charge in [0.15, 0.2) is 0 Å². The van der Waals surface area contributed by atoms with Crippen LogP contribution in [0, 0.1) is 0 Å². The summed E-state index contributed by atoms with van der Waals surface area (Å²) in [6, 6.07) is 0. The maximum atomic E-state index is 2.47. The quantitative estimate of drug-likeness (QED) is 0.414. The van der Waals surface area contributed by atoms with E-state index in [0.717, 1.165) is 9.93 Å². The van der Waals surface area contributed by atoms with Crippen LogP contribution in [0.5, 0.6) is 0 Å². The minimum absolute atomic E-state index is 0.626. The Kier molecular flexibility index (Phi) is 3.46. The second-order valence-electron chi connectivity index (χ2n) is 2.09. The van der Waals surface area contributed by atoms with E-state index >= 15 is 0 Å². The third-order valence-corrected chi connectivity index (χ3v) is 18.6. The van der Waals surface area contributed by atoms with E-state index in [1.165, 1.54) is 6.42 Å². The molecule has 1 aliphatic heterocycles. The molecule has 0 aromatic carbocycles. The van der Waals surface area contributed by atoms with Crippen LogP contribution >= 0.6 is 7.88 Å². The topological polar surface area (TPSA) is 0 Å². The molecule has 0 aromatic rings. The summed E-state index contributed by atoms with van der Waals surface area (Å²) in [5, 5.41) is 0. The van der Waals surface area contributed by atoms with Crippen LogP contribution in [0.15, 0.2) is 0 Å². The molecule has 1 rings (SSSR count). The van der Waals surface area contributed by atoms with Crippen molar-refractivity contribution in [1.29, 1.82) is 0 Å². The molecule has 0 amide bonds. The second-order valence-corrected chi connectivity index (χ2v) is 19.2. The summed E-state index contributed by atoms with van der Waals surface area (Å²) in [7, 11) is 3.22. The Hall–Kier alpha value is 1.52. The molecule has 48 valence electrons. The third-order valence-electron chi connectivity index (χ3n) is 0.998. The van der Waals surface area contributed by atoms with Crippen molar-refractivity contribution in [3.05, 3.63) is 0 Å². The Morgan fingerprint density at radius 1 is 1.38 bits per heavy atom. The molecule has 0 atom stereocenters. The molecule has 0 N–H and O–H groups in total. The molecule has 1 fully saturated rings. The Balaban J connectivity index is 2.01. The van der Waals surface area contributed by atoms with Gasteiger partial charge in [0.1, 0.15) is 0 Å². The van der Waals surface area contributed by atoms with Crippen molar-refractivity contribution in [3.63, 3.8) is 0 Å². The Bertz CT molecular complexity index is 70.8. The van der Waals surface area contributed by atoms with Crippen LogP contribution in [0.1, 0.15) is 6.42 Å². The summed E-state index contributed by atoms with van der Waals surface area (Å²) in [6.45, 7) is 0. The summed E-state index contributed by atoms with van der Waals surface area (Å²) in [6.07, 6.45) is 1.52. The van der Waals surface area contributed by atoms with E-state index in [0.29, 0.717) is 0 Å². The van der Waals surface area contributed by atoms with Gasteiger partial charge in [0.05, 0.1) is 0 Å². The molecule has 0 radical (unpaired) electrons. The molecular formula is C5H12S2Sb+. The second kappa shape index (κ2) is 3.63. The van der Waals surface area contributed by atoms with Gasteiger partial charge in [-0.25, -0.2) is 0 Å². The number of hydrogen-bond donors (Lipinski definition) is 0. The molecular weight excluding hydrogens is 246 g/mol. The molecule has 0 unspecified atom stereocenters. The molecule has 0 saturated carbocycles. The van der Waals surface area contributed by atoms with Gasteiger partial charge in [-0.05, 0) is 0 Å². The molecule has 1 aliphatic rings. The van der Waals surface area contributed by atoms with E-state index in [1.54, 1.807) is 11.5 Å². The molecule has 0 spiro atoms. The maximum absolute atomic E-state index is 2.47. The van der Waals surface area contributed by atoms with Crippen molar-refractivity contribution in [2.24, 2.45) is 0 Å². The fraction of sp³-hybridized carbons (Fsp3) is 1.00. The first-order valence-electron chi connectivity index (χ1n) is 2.82. The van der Waals surface area contributed by atoms with Crippen molar-refractivity contribution in [2.75, 3.05) is 11.5 Å². The summed E-state index contributed by atoms with van der Waals surface area (Å²) in [5.74, 6) is 3.10. The SMILES string of the molecule is [CH3][Sb]([CH3])[S][S+]1CCC1. The normalized spacial score (nSPS) is 21.4. The molecule has 8 heavy (non-hydrogen) atoms. The van der Waals surface area contributed by atoms with Gasteiger partial charge in [-0.1, -0.05) is 0 Å². The van der Waals surface area contributed by atoms with Crippen LogP contribution < -0.4 is 0 Å². The van der Waals surface area contributed by atoms with E-state index in [4.69, 9.17) is 0 Å². The van der Waals surface area contributed by atoms with Gasteiger partial charge in [0.25, 0.3) is 0 Å². The van der Waals surface area contributed by atoms with Crippen molar-refractivity contribution in [1.82, 2.24) is 0 Å². The first kappa shape index (κ1) is 7.62. The fourth-order valence-electron chi connectivity index (χ4n) is 0.548. The van der Waals surface area contributed by atoms with Gasteiger partial charge in [0.2, 0.25) is 0 Å². The van der Waals surface area contributed by atoms with Gasteiger partial charge < -0.3 is 0 Å².